The first-order chi connectivity index (χ1) is 9.42. The predicted molar refractivity (Wildman–Crippen MR) is 87.2 cm³/mol. The zero-order valence-corrected chi connectivity index (χ0v) is 13.6. The van der Waals surface area contributed by atoms with Gasteiger partial charge in [-0.15, -0.1) is 0 Å². The van der Waals surface area contributed by atoms with Crippen molar-refractivity contribution < 1.29 is 9.90 Å². The lowest BCUT2D eigenvalue weighted by Crippen LogP contribution is -2.24. The van der Waals surface area contributed by atoms with Gasteiger partial charge in [0.25, 0.3) is 0 Å². The minimum atomic E-state index is -0.325. The van der Waals surface area contributed by atoms with Gasteiger partial charge in [0, 0.05) is 7.05 Å². The molecule has 0 heterocycles. The number of halogens is 2. The van der Waals surface area contributed by atoms with E-state index in [-0.39, 0.29) is 11.5 Å². The molecule has 4 nitrogen and oxygen atoms in total. The standard InChI is InChI=1S/C13H14Cl2N2O2S/c1-8(7-18)12(19)16-13(20-3)17(2)10-6-4-5-9(14)11(10)15/h4-7,19H,1-3H3/b12-8+,16-13+. The summed E-state index contributed by atoms with van der Waals surface area (Å²) in [4.78, 5) is 16.3. The Kier molecular flexibility index (Phi) is 6.39. The number of carbonyl (C=O) groups excluding carboxylic acids is 1. The third kappa shape index (κ3) is 3.91. The molecule has 0 aliphatic carbocycles. The number of thioether (sulfide) groups is 1. The van der Waals surface area contributed by atoms with Crippen molar-refractivity contribution >= 4 is 52.1 Å². The highest BCUT2D eigenvalue weighted by atomic mass is 35.5. The third-order valence-electron chi connectivity index (χ3n) is 2.49. The summed E-state index contributed by atoms with van der Waals surface area (Å²) in [7, 11) is 1.75. The first-order valence-corrected chi connectivity index (χ1v) is 7.55. The number of hydrogen-bond acceptors (Lipinski definition) is 4. The van der Waals surface area contributed by atoms with Crippen LogP contribution in [0.1, 0.15) is 6.92 Å². The Morgan fingerprint density at radius 3 is 2.65 bits per heavy atom. The van der Waals surface area contributed by atoms with Gasteiger partial charge in [-0.05, 0) is 25.3 Å². The Balaban J connectivity index is 3.22. The molecule has 20 heavy (non-hydrogen) atoms. The van der Waals surface area contributed by atoms with Crippen molar-refractivity contribution in [3.8, 4) is 0 Å². The summed E-state index contributed by atoms with van der Waals surface area (Å²) in [6.45, 7) is 1.48. The summed E-state index contributed by atoms with van der Waals surface area (Å²) in [6, 6.07) is 5.24. The lowest BCUT2D eigenvalue weighted by atomic mass is 10.3. The van der Waals surface area contributed by atoms with Gasteiger partial charge in [0.05, 0.1) is 21.3 Å². The summed E-state index contributed by atoms with van der Waals surface area (Å²) < 4.78 is 0. The number of nitrogens with zero attached hydrogens (tertiary/aromatic N) is 2. The number of aliphatic hydroxyl groups is 1. The molecule has 0 aromatic heterocycles. The minimum absolute atomic E-state index is 0.155. The van der Waals surface area contributed by atoms with E-state index in [1.165, 1.54) is 18.7 Å². The number of aliphatic imine (C=N–C) groups is 1. The zero-order valence-electron chi connectivity index (χ0n) is 11.2. The van der Waals surface area contributed by atoms with Crippen LogP contribution < -0.4 is 4.90 Å². The van der Waals surface area contributed by atoms with Crippen LogP contribution in [0.25, 0.3) is 0 Å². The van der Waals surface area contributed by atoms with Crippen LogP contribution in [0.4, 0.5) is 5.69 Å². The Morgan fingerprint density at radius 1 is 1.45 bits per heavy atom. The highest BCUT2D eigenvalue weighted by Crippen LogP contribution is 2.33. The molecular weight excluding hydrogens is 319 g/mol. The fourth-order valence-corrected chi connectivity index (χ4v) is 2.32. The van der Waals surface area contributed by atoms with Crippen LogP contribution in [0.15, 0.2) is 34.6 Å². The van der Waals surface area contributed by atoms with E-state index in [2.05, 4.69) is 4.99 Å². The zero-order chi connectivity index (χ0) is 15.3. The van der Waals surface area contributed by atoms with Crippen LogP contribution >= 0.6 is 35.0 Å². The second-order valence-corrected chi connectivity index (χ2v) is 5.41. The molecule has 1 aromatic rings. The number of anilines is 1. The maximum atomic E-state index is 10.6. The van der Waals surface area contributed by atoms with E-state index in [1.807, 2.05) is 0 Å². The lowest BCUT2D eigenvalue weighted by molar-refractivity contribution is -0.105. The van der Waals surface area contributed by atoms with E-state index in [9.17, 15) is 9.90 Å². The van der Waals surface area contributed by atoms with Gasteiger partial charge >= 0.3 is 0 Å². The molecule has 0 aliphatic rings. The Morgan fingerprint density at radius 2 is 2.10 bits per heavy atom. The van der Waals surface area contributed by atoms with Crippen molar-refractivity contribution in [1.29, 1.82) is 0 Å². The van der Waals surface area contributed by atoms with Crippen LogP contribution in [-0.4, -0.2) is 29.9 Å². The molecule has 0 radical (unpaired) electrons. The highest BCUT2D eigenvalue weighted by Gasteiger charge is 2.14. The molecule has 0 fully saturated rings. The lowest BCUT2D eigenvalue weighted by Gasteiger charge is -2.21. The topological polar surface area (TPSA) is 52.9 Å². The average molecular weight is 333 g/mol. The molecule has 1 N–H and O–H groups in total. The van der Waals surface area contributed by atoms with Gasteiger partial charge in [-0.2, -0.15) is 4.99 Å². The number of benzene rings is 1. The predicted octanol–water partition coefficient (Wildman–Crippen LogP) is 4.14. The third-order valence-corrected chi connectivity index (χ3v) is 4.03. The molecule has 108 valence electrons. The number of aldehydes is 1. The van der Waals surface area contributed by atoms with E-state index >= 15 is 0 Å². The number of carbonyl (C=O) groups is 1. The fourth-order valence-electron chi connectivity index (χ4n) is 1.34. The van der Waals surface area contributed by atoms with Crippen molar-refractivity contribution in [2.75, 3.05) is 18.2 Å². The van der Waals surface area contributed by atoms with Crippen molar-refractivity contribution in [3.05, 3.63) is 39.7 Å². The van der Waals surface area contributed by atoms with Gasteiger partial charge in [0.15, 0.2) is 11.5 Å². The smallest absolute Gasteiger partial charge is 0.219 e. The summed E-state index contributed by atoms with van der Waals surface area (Å²) in [5.41, 5.74) is 0.811. The average Bonchev–Trinajstić information content (AvgIpc) is 2.45. The minimum Gasteiger partial charge on any atom is -0.493 e. The van der Waals surface area contributed by atoms with E-state index in [0.717, 1.165) is 0 Å². The molecule has 0 bridgehead atoms. The van der Waals surface area contributed by atoms with Gasteiger partial charge in [-0.25, -0.2) is 0 Å². The van der Waals surface area contributed by atoms with Crippen molar-refractivity contribution in [1.82, 2.24) is 0 Å². The second-order valence-electron chi connectivity index (χ2n) is 3.85. The quantitative estimate of drug-likeness (QED) is 0.297. The van der Waals surface area contributed by atoms with E-state index in [1.54, 1.807) is 36.4 Å². The van der Waals surface area contributed by atoms with Crippen LogP contribution in [0.2, 0.25) is 10.0 Å². The summed E-state index contributed by atoms with van der Waals surface area (Å²) in [6.07, 6.45) is 2.35. The van der Waals surface area contributed by atoms with E-state index < -0.39 is 0 Å². The summed E-state index contributed by atoms with van der Waals surface area (Å²) in [5.74, 6) is -0.325. The molecular formula is C13H14Cl2N2O2S. The van der Waals surface area contributed by atoms with Crippen LogP contribution in [0, 0.1) is 0 Å². The molecule has 0 unspecified atom stereocenters. The molecule has 1 aromatic carbocycles. The Labute approximate surface area is 132 Å². The van der Waals surface area contributed by atoms with Gasteiger partial charge in [0.1, 0.15) is 0 Å². The SMILES string of the molecule is CS/C(=N/C(O)=C(/C)C=O)N(C)c1cccc(Cl)c1Cl. The molecule has 0 aliphatic heterocycles. The van der Waals surface area contributed by atoms with Crippen LogP contribution in [-0.2, 0) is 4.79 Å². The van der Waals surface area contributed by atoms with Gasteiger partial charge in [-0.3, -0.25) is 4.79 Å². The Hall–Kier alpha value is -1.17. The normalized spacial score (nSPS) is 12.9. The molecule has 0 spiro atoms. The molecule has 0 saturated carbocycles. The fraction of sp³-hybridized carbons (Fsp3) is 0.231. The number of aliphatic hydroxyl groups excluding tert-OH is 1. The van der Waals surface area contributed by atoms with Crippen LogP contribution in [0.5, 0.6) is 0 Å². The monoisotopic (exact) mass is 332 g/mol. The Bertz CT molecular complexity index is 573. The molecule has 0 amide bonds. The molecule has 0 saturated heterocycles. The molecule has 7 heteroatoms. The summed E-state index contributed by atoms with van der Waals surface area (Å²) in [5, 5.41) is 11.0. The molecule has 0 atom stereocenters. The van der Waals surface area contributed by atoms with E-state index in [0.29, 0.717) is 27.2 Å². The largest absolute Gasteiger partial charge is 0.493 e. The maximum absolute atomic E-state index is 10.6. The molecule has 1 rings (SSSR count). The maximum Gasteiger partial charge on any atom is 0.219 e. The first kappa shape index (κ1) is 16.9. The first-order valence-electron chi connectivity index (χ1n) is 5.57. The van der Waals surface area contributed by atoms with E-state index in [4.69, 9.17) is 23.2 Å². The summed E-state index contributed by atoms with van der Waals surface area (Å²) >= 11 is 13.4. The van der Waals surface area contributed by atoms with Gasteiger partial charge in [0.2, 0.25) is 5.88 Å². The number of hydrogen-bond donors (Lipinski definition) is 1. The number of rotatable bonds is 3. The van der Waals surface area contributed by atoms with Crippen molar-refractivity contribution in [2.45, 2.75) is 6.92 Å². The van der Waals surface area contributed by atoms with Crippen molar-refractivity contribution in [3.63, 3.8) is 0 Å². The van der Waals surface area contributed by atoms with Gasteiger partial charge in [-0.1, -0.05) is 41.0 Å². The number of amidine groups is 1. The van der Waals surface area contributed by atoms with Crippen LogP contribution in [0.3, 0.4) is 0 Å². The number of allylic oxidation sites excluding steroid dienone is 1. The second kappa shape index (κ2) is 7.57. The van der Waals surface area contributed by atoms with Gasteiger partial charge < -0.3 is 10.0 Å². The highest BCUT2D eigenvalue weighted by molar-refractivity contribution is 8.13. The van der Waals surface area contributed by atoms with Crippen molar-refractivity contribution in [2.24, 2.45) is 4.99 Å².